The van der Waals surface area contributed by atoms with E-state index >= 15 is 0 Å². The summed E-state index contributed by atoms with van der Waals surface area (Å²) in [6.07, 6.45) is 1.72. The number of pyridine rings is 1. The van der Waals surface area contributed by atoms with Crippen molar-refractivity contribution in [2.24, 2.45) is 0 Å². The molecule has 0 aromatic carbocycles. The molecule has 1 aromatic rings. The van der Waals surface area contributed by atoms with Crippen LogP contribution in [-0.2, 0) is 4.84 Å². The maximum atomic E-state index is 10.0. The molecule has 1 aliphatic heterocycles. The Kier molecular flexibility index (Phi) is 4.75. The summed E-state index contributed by atoms with van der Waals surface area (Å²) in [7, 11) is 0. The van der Waals surface area contributed by atoms with Crippen molar-refractivity contribution in [3.63, 3.8) is 0 Å². The Bertz CT molecular complexity index is 438. The highest BCUT2D eigenvalue weighted by atomic mass is 35.5. The lowest BCUT2D eigenvalue weighted by Crippen LogP contribution is -2.47. The molecule has 0 radical (unpaired) electrons. The molecule has 0 unspecified atom stereocenters. The number of rotatable bonds is 5. The lowest BCUT2D eigenvalue weighted by Gasteiger charge is -2.35. The molecule has 1 aromatic heterocycles. The maximum absolute atomic E-state index is 10.0. The van der Waals surface area contributed by atoms with Gasteiger partial charge in [-0.3, -0.25) is 4.90 Å². The minimum Gasteiger partial charge on any atom is -0.353 e. The first-order valence-electron chi connectivity index (χ1n) is 6.02. The lowest BCUT2D eigenvalue weighted by molar-refractivity contribution is -0.757. The molecule has 19 heavy (non-hydrogen) atoms. The smallest absolute Gasteiger partial charge is 0.294 e. The molecule has 0 aliphatic carbocycles. The lowest BCUT2D eigenvalue weighted by atomic mass is 10.3. The van der Waals surface area contributed by atoms with Crippen LogP contribution in [0.3, 0.4) is 0 Å². The SMILES string of the molecule is O=[N+]([O-])OCCN1CCN(c2ncccc2Cl)CC1. The van der Waals surface area contributed by atoms with Gasteiger partial charge < -0.3 is 9.74 Å². The number of piperazine rings is 1. The minimum absolute atomic E-state index is 0.108. The molecule has 8 heteroatoms. The summed E-state index contributed by atoms with van der Waals surface area (Å²) in [4.78, 5) is 22.9. The zero-order valence-corrected chi connectivity index (χ0v) is 11.1. The fourth-order valence-electron chi connectivity index (χ4n) is 2.04. The van der Waals surface area contributed by atoms with Crippen molar-refractivity contribution in [3.05, 3.63) is 33.5 Å². The third-order valence-electron chi connectivity index (χ3n) is 3.02. The second-order valence-electron chi connectivity index (χ2n) is 4.19. The molecule has 1 aliphatic rings. The second kappa shape index (κ2) is 6.53. The van der Waals surface area contributed by atoms with E-state index in [1.54, 1.807) is 12.3 Å². The van der Waals surface area contributed by atoms with Gasteiger partial charge in [-0.2, -0.15) is 0 Å². The Morgan fingerprint density at radius 2 is 2.16 bits per heavy atom. The van der Waals surface area contributed by atoms with Crippen LogP contribution in [0.1, 0.15) is 0 Å². The minimum atomic E-state index is -0.760. The highest BCUT2D eigenvalue weighted by Crippen LogP contribution is 2.23. The van der Waals surface area contributed by atoms with Gasteiger partial charge >= 0.3 is 0 Å². The van der Waals surface area contributed by atoms with E-state index in [0.717, 1.165) is 32.0 Å². The van der Waals surface area contributed by atoms with Gasteiger partial charge in [-0.15, -0.1) is 10.1 Å². The summed E-state index contributed by atoms with van der Waals surface area (Å²) in [5, 5.41) is 9.94. The van der Waals surface area contributed by atoms with E-state index in [1.807, 2.05) is 6.07 Å². The number of halogens is 1. The van der Waals surface area contributed by atoms with E-state index in [-0.39, 0.29) is 6.61 Å². The summed E-state index contributed by atoms with van der Waals surface area (Å²) in [5.74, 6) is 0.797. The van der Waals surface area contributed by atoms with E-state index in [9.17, 15) is 10.1 Å². The van der Waals surface area contributed by atoms with Crippen LogP contribution in [-0.4, -0.2) is 54.3 Å². The predicted molar refractivity (Wildman–Crippen MR) is 70.8 cm³/mol. The zero-order chi connectivity index (χ0) is 13.7. The third-order valence-corrected chi connectivity index (χ3v) is 3.31. The average Bonchev–Trinajstić information content (AvgIpc) is 2.40. The molecule has 7 nitrogen and oxygen atoms in total. The molecular weight excluding hydrogens is 272 g/mol. The zero-order valence-electron chi connectivity index (χ0n) is 10.4. The molecule has 2 heterocycles. The summed E-state index contributed by atoms with van der Waals surface area (Å²) in [5.41, 5.74) is 0. The van der Waals surface area contributed by atoms with Crippen LogP contribution in [0.15, 0.2) is 18.3 Å². The molecule has 0 atom stereocenters. The van der Waals surface area contributed by atoms with Crippen molar-refractivity contribution in [1.29, 1.82) is 0 Å². The molecule has 2 rings (SSSR count). The van der Waals surface area contributed by atoms with Gasteiger partial charge in [0.1, 0.15) is 12.4 Å². The predicted octanol–water partition coefficient (Wildman–Crippen LogP) is 1.07. The van der Waals surface area contributed by atoms with Crippen LogP contribution >= 0.6 is 11.6 Å². The summed E-state index contributed by atoms with van der Waals surface area (Å²) < 4.78 is 0. The molecule has 104 valence electrons. The Labute approximate surface area is 115 Å². The van der Waals surface area contributed by atoms with Gasteiger partial charge in [-0.25, -0.2) is 4.98 Å². The first kappa shape index (κ1) is 13.8. The van der Waals surface area contributed by atoms with Gasteiger partial charge in [-0.1, -0.05) is 11.6 Å². The van der Waals surface area contributed by atoms with Gasteiger partial charge in [0.15, 0.2) is 0 Å². The van der Waals surface area contributed by atoms with Crippen LogP contribution in [0.4, 0.5) is 5.82 Å². The molecule has 0 bridgehead atoms. The fourth-order valence-corrected chi connectivity index (χ4v) is 2.28. The van der Waals surface area contributed by atoms with Gasteiger partial charge in [0.05, 0.1) is 5.02 Å². The Morgan fingerprint density at radius 3 is 2.79 bits per heavy atom. The fraction of sp³-hybridized carbons (Fsp3) is 0.545. The van der Waals surface area contributed by atoms with Crippen LogP contribution in [0.25, 0.3) is 0 Å². The largest absolute Gasteiger partial charge is 0.353 e. The Morgan fingerprint density at radius 1 is 1.42 bits per heavy atom. The highest BCUT2D eigenvalue weighted by molar-refractivity contribution is 6.32. The van der Waals surface area contributed by atoms with Gasteiger partial charge in [0.2, 0.25) is 0 Å². The van der Waals surface area contributed by atoms with Crippen molar-refractivity contribution in [2.45, 2.75) is 0 Å². The van der Waals surface area contributed by atoms with Crippen molar-refractivity contribution < 1.29 is 9.92 Å². The number of aromatic nitrogens is 1. The number of hydrogen-bond acceptors (Lipinski definition) is 6. The number of hydrogen-bond donors (Lipinski definition) is 0. The van der Waals surface area contributed by atoms with Crippen LogP contribution in [0.5, 0.6) is 0 Å². The molecule has 0 amide bonds. The van der Waals surface area contributed by atoms with Crippen LogP contribution in [0, 0.1) is 10.1 Å². The quantitative estimate of drug-likeness (QED) is 0.595. The van der Waals surface area contributed by atoms with Crippen LogP contribution in [0.2, 0.25) is 5.02 Å². The Hall–Kier alpha value is -1.60. The second-order valence-corrected chi connectivity index (χ2v) is 4.60. The van der Waals surface area contributed by atoms with E-state index < -0.39 is 5.09 Å². The molecular formula is C11H15ClN4O3. The van der Waals surface area contributed by atoms with Gasteiger partial charge in [0, 0.05) is 38.9 Å². The van der Waals surface area contributed by atoms with Gasteiger partial charge in [0.25, 0.3) is 5.09 Å². The monoisotopic (exact) mass is 286 g/mol. The van der Waals surface area contributed by atoms with Crippen molar-refractivity contribution >= 4 is 17.4 Å². The maximum Gasteiger partial charge on any atom is 0.294 e. The van der Waals surface area contributed by atoms with E-state index in [2.05, 4.69) is 19.6 Å². The number of anilines is 1. The first-order valence-corrected chi connectivity index (χ1v) is 6.40. The van der Waals surface area contributed by atoms with Crippen molar-refractivity contribution in [2.75, 3.05) is 44.2 Å². The summed E-state index contributed by atoms with van der Waals surface area (Å²) in [6.45, 7) is 3.90. The summed E-state index contributed by atoms with van der Waals surface area (Å²) >= 11 is 6.10. The standard InChI is InChI=1S/C11H15ClN4O3/c12-10-2-1-3-13-11(10)15-6-4-14(5-7-15)8-9-19-16(17)18/h1-3H,4-9H2. The van der Waals surface area contributed by atoms with Crippen LogP contribution < -0.4 is 4.90 Å². The molecule has 1 fully saturated rings. The number of nitrogens with zero attached hydrogens (tertiary/aromatic N) is 4. The summed E-state index contributed by atoms with van der Waals surface area (Å²) in [6, 6.07) is 3.62. The molecule has 0 saturated carbocycles. The van der Waals surface area contributed by atoms with E-state index in [1.165, 1.54) is 0 Å². The highest BCUT2D eigenvalue weighted by Gasteiger charge is 2.19. The van der Waals surface area contributed by atoms with Crippen molar-refractivity contribution in [1.82, 2.24) is 9.88 Å². The topological polar surface area (TPSA) is 71.7 Å². The van der Waals surface area contributed by atoms with E-state index in [4.69, 9.17) is 11.6 Å². The van der Waals surface area contributed by atoms with Gasteiger partial charge in [-0.05, 0) is 12.1 Å². The molecule has 0 N–H and O–H groups in total. The first-order chi connectivity index (χ1) is 9.16. The molecule has 1 saturated heterocycles. The molecule has 0 spiro atoms. The Balaban J connectivity index is 1.79. The average molecular weight is 287 g/mol. The third kappa shape index (κ3) is 3.93. The normalized spacial score (nSPS) is 16.4. The van der Waals surface area contributed by atoms with E-state index in [0.29, 0.717) is 11.6 Å². The van der Waals surface area contributed by atoms with Crippen molar-refractivity contribution in [3.8, 4) is 0 Å².